The van der Waals surface area contributed by atoms with Gasteiger partial charge in [-0.05, 0) is 42.8 Å². The Morgan fingerprint density at radius 1 is 0.966 bits per heavy atom. The van der Waals surface area contributed by atoms with Crippen molar-refractivity contribution in [3.05, 3.63) is 82.4 Å². The smallest absolute Gasteiger partial charge is 0.340 e. The lowest BCUT2D eigenvalue weighted by molar-refractivity contribution is -0.131. The standard InChI is InChI=1S/C23H17NO5/c1-12-3-6-18-20(9-12)28-21-11-15(27-13(2)25)5-8-19(21)23(18)17-7-4-14(24)10-16(17)22(26)29-23/h3-11H,24H2,1-2H3. The van der Waals surface area contributed by atoms with Crippen LogP contribution in [0.25, 0.3) is 0 Å². The lowest BCUT2D eigenvalue weighted by Crippen LogP contribution is -2.33. The average molecular weight is 387 g/mol. The molecule has 1 atom stereocenters. The Bertz CT molecular complexity index is 1220. The van der Waals surface area contributed by atoms with E-state index >= 15 is 0 Å². The maximum Gasteiger partial charge on any atom is 0.340 e. The number of benzene rings is 3. The highest BCUT2D eigenvalue weighted by molar-refractivity contribution is 5.98. The number of nitrogens with two attached hydrogens (primary N) is 1. The van der Waals surface area contributed by atoms with Gasteiger partial charge in [0, 0.05) is 35.4 Å². The zero-order valence-corrected chi connectivity index (χ0v) is 15.8. The molecule has 144 valence electrons. The third kappa shape index (κ3) is 2.42. The number of anilines is 1. The molecule has 6 nitrogen and oxygen atoms in total. The minimum atomic E-state index is -1.16. The Hall–Kier alpha value is -3.80. The molecule has 2 aliphatic heterocycles. The Labute approximate surface area is 166 Å². The molecule has 0 bridgehead atoms. The van der Waals surface area contributed by atoms with Gasteiger partial charge in [-0.25, -0.2) is 4.79 Å². The minimum absolute atomic E-state index is 0.351. The first kappa shape index (κ1) is 17.3. The van der Waals surface area contributed by atoms with E-state index in [0.29, 0.717) is 39.6 Å². The molecular formula is C23H17NO5. The van der Waals surface area contributed by atoms with E-state index in [1.165, 1.54) is 6.92 Å². The summed E-state index contributed by atoms with van der Waals surface area (Å²) >= 11 is 0. The normalized spacial score (nSPS) is 18.3. The summed E-state index contributed by atoms with van der Waals surface area (Å²) in [7, 11) is 0. The van der Waals surface area contributed by atoms with Gasteiger partial charge in [0.05, 0.1) is 5.56 Å². The fraction of sp³-hybridized carbons (Fsp3) is 0.130. The van der Waals surface area contributed by atoms with Crippen LogP contribution in [0.5, 0.6) is 17.2 Å². The monoisotopic (exact) mass is 387 g/mol. The second-order valence-corrected chi connectivity index (χ2v) is 7.23. The summed E-state index contributed by atoms with van der Waals surface area (Å²) in [5, 5.41) is 0. The van der Waals surface area contributed by atoms with Crippen LogP contribution in [-0.2, 0) is 15.1 Å². The van der Waals surface area contributed by atoms with E-state index in [-0.39, 0.29) is 0 Å². The van der Waals surface area contributed by atoms with Crippen LogP contribution >= 0.6 is 0 Å². The van der Waals surface area contributed by atoms with Gasteiger partial charge in [-0.2, -0.15) is 0 Å². The van der Waals surface area contributed by atoms with Gasteiger partial charge in [0.15, 0.2) is 5.60 Å². The molecule has 3 aromatic rings. The quantitative estimate of drug-likeness (QED) is 0.385. The summed E-state index contributed by atoms with van der Waals surface area (Å²) in [6.45, 7) is 3.29. The molecule has 0 saturated carbocycles. The topological polar surface area (TPSA) is 87.9 Å². The van der Waals surface area contributed by atoms with Crippen LogP contribution in [0.2, 0.25) is 0 Å². The van der Waals surface area contributed by atoms with Crippen LogP contribution in [0.4, 0.5) is 5.69 Å². The first-order chi connectivity index (χ1) is 13.9. The third-order valence-electron chi connectivity index (χ3n) is 5.22. The van der Waals surface area contributed by atoms with Crippen LogP contribution in [0.1, 0.15) is 39.5 Å². The first-order valence-corrected chi connectivity index (χ1v) is 9.14. The third-order valence-corrected chi connectivity index (χ3v) is 5.22. The highest BCUT2D eigenvalue weighted by Crippen LogP contribution is 2.56. The minimum Gasteiger partial charge on any atom is -0.456 e. The van der Waals surface area contributed by atoms with Crippen molar-refractivity contribution in [2.45, 2.75) is 19.4 Å². The predicted octanol–water partition coefficient (Wildman–Crippen LogP) is 4.07. The summed E-state index contributed by atoms with van der Waals surface area (Å²) in [6, 6.07) is 16.0. The number of rotatable bonds is 1. The fourth-order valence-electron chi connectivity index (χ4n) is 4.06. The number of carbonyl (C=O) groups excluding carboxylic acids is 2. The molecule has 0 saturated heterocycles. The maximum absolute atomic E-state index is 12.8. The summed E-state index contributed by atoms with van der Waals surface area (Å²) in [5.74, 6) is 0.509. The average Bonchev–Trinajstić information content (AvgIpc) is 2.93. The van der Waals surface area contributed by atoms with Crippen molar-refractivity contribution in [3.8, 4) is 17.2 Å². The Kier molecular flexibility index (Phi) is 3.49. The van der Waals surface area contributed by atoms with Crippen molar-refractivity contribution in [2.75, 3.05) is 5.73 Å². The molecule has 0 amide bonds. The van der Waals surface area contributed by atoms with E-state index in [1.54, 1.807) is 30.3 Å². The highest BCUT2D eigenvalue weighted by Gasteiger charge is 2.53. The molecule has 2 heterocycles. The van der Waals surface area contributed by atoms with E-state index < -0.39 is 17.5 Å². The zero-order valence-electron chi connectivity index (χ0n) is 15.8. The number of carbonyl (C=O) groups is 2. The molecule has 5 rings (SSSR count). The van der Waals surface area contributed by atoms with E-state index in [2.05, 4.69) is 0 Å². The Balaban J connectivity index is 1.81. The van der Waals surface area contributed by atoms with Crippen molar-refractivity contribution >= 4 is 17.6 Å². The number of hydrogen-bond donors (Lipinski definition) is 1. The number of ether oxygens (including phenoxy) is 3. The van der Waals surface area contributed by atoms with Crippen molar-refractivity contribution in [1.29, 1.82) is 0 Å². The highest BCUT2D eigenvalue weighted by atomic mass is 16.6. The van der Waals surface area contributed by atoms with E-state index in [9.17, 15) is 9.59 Å². The molecule has 2 aliphatic rings. The predicted molar refractivity (Wildman–Crippen MR) is 105 cm³/mol. The molecular weight excluding hydrogens is 370 g/mol. The SMILES string of the molecule is CC(=O)Oc1ccc2c(c1)Oc1cc(C)ccc1C21OC(=O)c2cc(N)ccc21. The number of aryl methyl sites for hydroxylation is 1. The Morgan fingerprint density at radius 2 is 1.66 bits per heavy atom. The second-order valence-electron chi connectivity index (χ2n) is 7.23. The van der Waals surface area contributed by atoms with Crippen LogP contribution in [0.15, 0.2) is 54.6 Å². The van der Waals surface area contributed by atoms with Gasteiger partial charge in [0.25, 0.3) is 0 Å². The lowest BCUT2D eigenvalue weighted by Gasteiger charge is -2.36. The molecule has 0 aliphatic carbocycles. The van der Waals surface area contributed by atoms with Gasteiger partial charge in [-0.3, -0.25) is 4.79 Å². The number of hydrogen-bond acceptors (Lipinski definition) is 6. The summed E-state index contributed by atoms with van der Waals surface area (Å²) < 4.78 is 17.4. The van der Waals surface area contributed by atoms with Crippen LogP contribution in [0, 0.1) is 6.92 Å². The van der Waals surface area contributed by atoms with E-state index in [1.807, 2.05) is 31.2 Å². The summed E-state index contributed by atoms with van der Waals surface area (Å²) in [4.78, 5) is 24.2. The van der Waals surface area contributed by atoms with Crippen molar-refractivity contribution in [3.63, 3.8) is 0 Å². The Morgan fingerprint density at radius 3 is 2.41 bits per heavy atom. The number of nitrogen functional groups attached to an aromatic ring is 1. The first-order valence-electron chi connectivity index (χ1n) is 9.14. The van der Waals surface area contributed by atoms with Gasteiger partial charge >= 0.3 is 11.9 Å². The fourth-order valence-corrected chi connectivity index (χ4v) is 4.06. The van der Waals surface area contributed by atoms with Gasteiger partial charge in [-0.1, -0.05) is 18.2 Å². The van der Waals surface area contributed by atoms with Crippen LogP contribution < -0.4 is 15.2 Å². The second kappa shape index (κ2) is 5.85. The molecule has 0 fully saturated rings. The van der Waals surface area contributed by atoms with Crippen molar-refractivity contribution < 1.29 is 23.8 Å². The summed E-state index contributed by atoms with van der Waals surface area (Å²) in [5.41, 5.74) is 8.74. The maximum atomic E-state index is 12.8. The number of esters is 2. The molecule has 2 N–H and O–H groups in total. The van der Waals surface area contributed by atoms with E-state index in [0.717, 1.165) is 11.1 Å². The number of fused-ring (bicyclic) bond motifs is 6. The van der Waals surface area contributed by atoms with E-state index in [4.69, 9.17) is 19.9 Å². The van der Waals surface area contributed by atoms with Crippen LogP contribution in [-0.4, -0.2) is 11.9 Å². The van der Waals surface area contributed by atoms with Crippen LogP contribution in [0.3, 0.4) is 0 Å². The van der Waals surface area contributed by atoms with Crippen molar-refractivity contribution in [2.24, 2.45) is 0 Å². The molecule has 0 aromatic heterocycles. The molecule has 6 heteroatoms. The molecule has 3 aromatic carbocycles. The molecule has 0 radical (unpaired) electrons. The van der Waals surface area contributed by atoms with Gasteiger partial charge in [0.1, 0.15) is 17.2 Å². The summed E-state index contributed by atoms with van der Waals surface area (Å²) in [6.07, 6.45) is 0. The zero-order chi connectivity index (χ0) is 20.3. The molecule has 1 spiro atoms. The van der Waals surface area contributed by atoms with Gasteiger partial charge in [-0.15, -0.1) is 0 Å². The van der Waals surface area contributed by atoms with Crippen molar-refractivity contribution in [1.82, 2.24) is 0 Å². The molecule has 1 unspecified atom stereocenters. The lowest BCUT2D eigenvalue weighted by atomic mass is 9.77. The van der Waals surface area contributed by atoms with Gasteiger partial charge < -0.3 is 19.9 Å². The molecule has 29 heavy (non-hydrogen) atoms. The van der Waals surface area contributed by atoms with Gasteiger partial charge in [0.2, 0.25) is 0 Å². The largest absolute Gasteiger partial charge is 0.456 e.